The molecular weight excluding hydrogens is 598 g/mol. The topological polar surface area (TPSA) is 165 Å². The second kappa shape index (κ2) is 13.1. The monoisotopic (exact) mass is 640 g/mol. The van der Waals surface area contributed by atoms with E-state index in [1.807, 2.05) is 27.7 Å². The van der Waals surface area contributed by atoms with Crippen molar-refractivity contribution < 1.29 is 46.7 Å². The van der Waals surface area contributed by atoms with Gasteiger partial charge in [0.2, 0.25) is 10.8 Å². The normalized spacial score (nSPS) is 23.3. The van der Waals surface area contributed by atoms with E-state index in [0.717, 1.165) is 12.1 Å². The van der Waals surface area contributed by atoms with Gasteiger partial charge in [0.05, 0.1) is 23.3 Å². The Balaban J connectivity index is 1.83. The molecule has 0 aliphatic carbocycles. The van der Waals surface area contributed by atoms with E-state index >= 15 is 0 Å². The van der Waals surface area contributed by atoms with Crippen molar-refractivity contribution in [3.8, 4) is 0 Å². The number of alkyl carbamates (subject to hydrolysis) is 1. The molecular formula is C29H42BF3N5O7+. The molecule has 2 aliphatic rings. The molecule has 2 fully saturated rings. The highest BCUT2D eigenvalue weighted by Crippen LogP contribution is 2.40. The van der Waals surface area contributed by atoms with Gasteiger partial charge in [-0.1, -0.05) is 18.6 Å². The summed E-state index contributed by atoms with van der Waals surface area (Å²) < 4.78 is 56.7. The molecule has 2 amide bonds. The molecule has 45 heavy (non-hydrogen) atoms. The summed E-state index contributed by atoms with van der Waals surface area (Å²) in [6.07, 6.45) is -4.50. The molecule has 0 radical (unpaired) electrons. The number of carbonyl (C=O) groups is 3. The van der Waals surface area contributed by atoms with Crippen LogP contribution >= 0.6 is 0 Å². The second-order valence-electron chi connectivity index (χ2n) is 13.6. The number of halogens is 3. The number of alkyl halides is 3. The van der Waals surface area contributed by atoms with Gasteiger partial charge >= 0.3 is 25.4 Å². The maximum atomic E-state index is 13.9. The van der Waals surface area contributed by atoms with Crippen molar-refractivity contribution in [3.63, 3.8) is 0 Å². The third-order valence-electron chi connectivity index (χ3n) is 8.46. The Morgan fingerprint density at radius 1 is 1.16 bits per heavy atom. The SMILES string of the molecule is CC(C)(C)OC(=O)NC(Cc1ccc(C(F)(F)F)cc1)C(=O)N1C[C@H](CCCB2OC(C)(C)C(C)(C)O2)[C@](N=[N+]=N)(C(=O)O)C1. The van der Waals surface area contributed by atoms with E-state index in [1.54, 1.807) is 20.8 Å². The number of nitrogens with zero attached hydrogens (tertiary/aromatic N) is 3. The molecule has 0 aromatic heterocycles. The number of rotatable bonds is 10. The van der Waals surface area contributed by atoms with Crippen LogP contribution in [0, 0.1) is 11.4 Å². The Hall–Kier alpha value is -3.49. The fourth-order valence-electron chi connectivity index (χ4n) is 5.44. The summed E-state index contributed by atoms with van der Waals surface area (Å²) in [5, 5.41) is 16.5. The summed E-state index contributed by atoms with van der Waals surface area (Å²) >= 11 is 0. The fourth-order valence-corrected chi connectivity index (χ4v) is 5.44. The number of likely N-dealkylation sites (tertiary alicyclic amines) is 1. The molecule has 3 atom stereocenters. The van der Waals surface area contributed by atoms with Crippen LogP contribution in [0.4, 0.5) is 18.0 Å². The average molecular weight is 640 g/mol. The minimum Gasteiger partial charge on any atom is -0.479 e. The number of benzene rings is 1. The molecule has 3 rings (SSSR count). The molecule has 1 aromatic carbocycles. The van der Waals surface area contributed by atoms with Crippen LogP contribution in [0.3, 0.4) is 0 Å². The van der Waals surface area contributed by atoms with E-state index in [2.05, 4.69) is 15.3 Å². The maximum Gasteiger partial charge on any atom is 0.457 e. The van der Waals surface area contributed by atoms with Gasteiger partial charge in [-0.3, -0.25) is 4.79 Å². The van der Waals surface area contributed by atoms with Crippen molar-refractivity contribution in [2.45, 2.75) is 109 Å². The summed E-state index contributed by atoms with van der Waals surface area (Å²) in [4.78, 5) is 43.4. The Morgan fingerprint density at radius 2 is 1.73 bits per heavy atom. The van der Waals surface area contributed by atoms with Gasteiger partial charge in [-0.15, -0.1) is 0 Å². The maximum absolute atomic E-state index is 13.9. The van der Waals surface area contributed by atoms with Crippen molar-refractivity contribution in [3.05, 3.63) is 35.4 Å². The lowest BCUT2D eigenvalue weighted by Gasteiger charge is -2.32. The minimum atomic E-state index is -4.55. The van der Waals surface area contributed by atoms with Gasteiger partial charge in [-0.25, -0.2) is 9.59 Å². The number of aliphatic carboxylic acids is 1. The summed E-state index contributed by atoms with van der Waals surface area (Å²) in [5.41, 5.74) is 2.87. The molecule has 2 heterocycles. The Bertz CT molecular complexity index is 1290. The molecule has 16 heteroatoms. The molecule has 1 aromatic rings. The Kier molecular flexibility index (Phi) is 10.5. The predicted octanol–water partition coefficient (Wildman–Crippen LogP) is 4.85. The first kappa shape index (κ1) is 36.0. The molecule has 0 saturated carbocycles. The molecule has 0 bridgehead atoms. The lowest BCUT2D eigenvalue weighted by atomic mass is 9.78. The van der Waals surface area contributed by atoms with E-state index in [-0.39, 0.29) is 19.4 Å². The summed E-state index contributed by atoms with van der Waals surface area (Å²) in [5.74, 6) is -2.79. The van der Waals surface area contributed by atoms with Crippen LogP contribution in [0.1, 0.15) is 72.4 Å². The summed E-state index contributed by atoms with van der Waals surface area (Å²) in [7, 11) is -0.516. The Labute approximate surface area is 260 Å². The van der Waals surface area contributed by atoms with Crippen molar-refractivity contribution in [1.29, 1.82) is 5.53 Å². The minimum absolute atomic E-state index is 0.0764. The number of amides is 2. The van der Waals surface area contributed by atoms with Gasteiger partial charge in [-0.2, -0.15) is 13.2 Å². The van der Waals surface area contributed by atoms with Gasteiger partial charge in [-0.05, 0) is 78.9 Å². The third kappa shape index (κ3) is 8.62. The number of carboxylic acids is 1. The first-order valence-corrected chi connectivity index (χ1v) is 14.7. The number of nitrogens with one attached hydrogen (secondary N) is 2. The highest BCUT2D eigenvalue weighted by molar-refractivity contribution is 6.45. The lowest BCUT2D eigenvalue weighted by Crippen LogP contribution is -2.51. The zero-order chi connectivity index (χ0) is 34.0. The van der Waals surface area contributed by atoms with Crippen molar-refractivity contribution in [2.24, 2.45) is 11.0 Å². The molecule has 248 valence electrons. The molecule has 2 aliphatic heterocycles. The van der Waals surface area contributed by atoms with Crippen molar-refractivity contribution >= 4 is 25.1 Å². The van der Waals surface area contributed by atoms with Crippen LogP contribution in [-0.4, -0.2) is 76.6 Å². The highest BCUT2D eigenvalue weighted by atomic mass is 19.4. The standard InChI is InChI=1S/C29H41BF3N5O7/c1-25(2,3)43-24(42)35-21(15-18-10-12-19(13-11-18)29(31,32)33)22(39)38-16-20(28(17-38,23(40)41)36-37-34)9-8-14-30-44-26(4,5)27(6,7)45-30/h10-13,20-21,34H,8-9,14-17H2,1-7H3,(H-,35,40,41,42)/p+1/t20-,21?,28-/m0/s1. The summed E-state index contributed by atoms with van der Waals surface area (Å²) in [6.45, 7) is 12.1. The van der Waals surface area contributed by atoms with Gasteiger partial charge in [0.15, 0.2) is 0 Å². The van der Waals surface area contributed by atoms with Gasteiger partial charge in [0.1, 0.15) is 22.3 Å². The molecule has 2 saturated heterocycles. The van der Waals surface area contributed by atoms with Gasteiger partial charge < -0.3 is 29.4 Å². The van der Waals surface area contributed by atoms with Gasteiger partial charge in [0.25, 0.3) is 5.54 Å². The molecule has 3 N–H and O–H groups in total. The zero-order valence-corrected chi connectivity index (χ0v) is 26.7. The fraction of sp³-hybridized carbons (Fsp3) is 0.690. The average Bonchev–Trinajstić information content (AvgIpc) is 3.35. The molecule has 12 nitrogen and oxygen atoms in total. The molecule has 0 spiro atoms. The van der Waals surface area contributed by atoms with Crippen LogP contribution < -0.4 is 10.2 Å². The number of hydrogen-bond donors (Lipinski definition) is 3. The quantitative estimate of drug-likeness (QED) is 0.187. The summed E-state index contributed by atoms with van der Waals surface area (Å²) in [6, 6.07) is 2.86. The van der Waals surface area contributed by atoms with Crippen molar-refractivity contribution in [2.75, 3.05) is 13.1 Å². The number of hydrogen-bond acceptors (Lipinski definition) is 8. The van der Waals surface area contributed by atoms with Crippen LogP contribution in [0.25, 0.3) is 0 Å². The first-order valence-electron chi connectivity index (χ1n) is 14.7. The van der Waals surface area contributed by atoms with Gasteiger partial charge in [0, 0.05) is 18.9 Å². The first-order chi connectivity index (χ1) is 20.6. The van der Waals surface area contributed by atoms with E-state index in [1.165, 1.54) is 17.0 Å². The second-order valence-corrected chi connectivity index (χ2v) is 13.6. The smallest absolute Gasteiger partial charge is 0.457 e. The number of carbonyl (C=O) groups excluding carboxylic acids is 2. The van der Waals surface area contributed by atoms with E-state index < -0.39 is 77.7 Å². The van der Waals surface area contributed by atoms with Crippen molar-refractivity contribution in [1.82, 2.24) is 15.1 Å². The lowest BCUT2D eigenvalue weighted by molar-refractivity contribution is -0.145. The Morgan fingerprint density at radius 3 is 2.22 bits per heavy atom. The number of carboxylic acid groups (broad SMARTS) is 1. The van der Waals surface area contributed by atoms with E-state index in [9.17, 15) is 32.7 Å². The van der Waals surface area contributed by atoms with Crippen LogP contribution in [-0.2, 0) is 36.2 Å². The van der Waals surface area contributed by atoms with E-state index in [4.69, 9.17) is 19.6 Å². The zero-order valence-electron chi connectivity index (χ0n) is 26.7. The highest BCUT2D eigenvalue weighted by Gasteiger charge is 2.59. The van der Waals surface area contributed by atoms with Crippen LogP contribution in [0.2, 0.25) is 6.32 Å². The predicted molar refractivity (Wildman–Crippen MR) is 156 cm³/mol. The van der Waals surface area contributed by atoms with Crippen LogP contribution in [0.15, 0.2) is 29.4 Å². The van der Waals surface area contributed by atoms with Crippen LogP contribution in [0.5, 0.6) is 0 Å². The van der Waals surface area contributed by atoms with E-state index in [0.29, 0.717) is 18.3 Å². The third-order valence-corrected chi connectivity index (χ3v) is 8.46. The molecule has 1 unspecified atom stereocenters. The number of ether oxygens (including phenoxy) is 1. The largest absolute Gasteiger partial charge is 0.479 e.